The third-order valence-electron chi connectivity index (χ3n) is 5.99. The van der Waals surface area contributed by atoms with Gasteiger partial charge >= 0.3 is 5.97 Å². The van der Waals surface area contributed by atoms with Gasteiger partial charge in [0.15, 0.2) is 5.82 Å². The zero-order valence-corrected chi connectivity index (χ0v) is 15.8. The maximum absolute atomic E-state index is 12.1. The van der Waals surface area contributed by atoms with Gasteiger partial charge in [-0.1, -0.05) is 12.8 Å². The highest BCUT2D eigenvalue weighted by molar-refractivity contribution is 5.69. The van der Waals surface area contributed by atoms with E-state index in [2.05, 4.69) is 10.1 Å². The van der Waals surface area contributed by atoms with Crippen LogP contribution in [-0.2, 0) is 19.9 Å². The molecule has 1 aliphatic heterocycles. The second-order valence-corrected chi connectivity index (χ2v) is 7.90. The summed E-state index contributed by atoms with van der Waals surface area (Å²) in [4.78, 5) is 16.0. The summed E-state index contributed by atoms with van der Waals surface area (Å²) in [5.74, 6) is 0.393. The number of fused-ring (bicyclic) bond motifs is 1. The Hall–Kier alpha value is -2.23. The van der Waals surface area contributed by atoms with E-state index in [4.69, 9.17) is 15.2 Å². The van der Waals surface area contributed by atoms with Crippen LogP contribution in [0.2, 0.25) is 0 Å². The smallest absolute Gasteiger partial charge is 0.306 e. The number of ether oxygens (including phenoxy) is 2. The van der Waals surface area contributed by atoms with Crippen molar-refractivity contribution >= 4 is 17.3 Å². The van der Waals surface area contributed by atoms with Crippen LogP contribution in [0, 0.1) is 5.92 Å². The number of rotatable bonds is 5. The molecule has 1 aliphatic carbocycles. The maximum Gasteiger partial charge on any atom is 0.306 e. The molecule has 4 rings (SSSR count). The number of hydrogen-bond acceptors (Lipinski definition) is 8. The molecule has 4 N–H and O–H groups in total. The van der Waals surface area contributed by atoms with Gasteiger partial charge in [-0.2, -0.15) is 5.10 Å². The molecule has 0 spiro atoms. The third kappa shape index (κ3) is 3.23. The number of nitrogens with two attached hydrogens (primary N) is 1. The van der Waals surface area contributed by atoms with Crippen LogP contribution in [-0.4, -0.2) is 55.7 Å². The Kier molecular flexibility index (Phi) is 4.98. The van der Waals surface area contributed by atoms with E-state index >= 15 is 0 Å². The van der Waals surface area contributed by atoms with Crippen LogP contribution >= 0.6 is 0 Å². The van der Waals surface area contributed by atoms with Gasteiger partial charge in [-0.25, -0.2) is 9.50 Å². The summed E-state index contributed by atoms with van der Waals surface area (Å²) in [6.45, 7) is 1.56. The van der Waals surface area contributed by atoms with Crippen molar-refractivity contribution in [3.8, 4) is 0 Å². The predicted octanol–water partition coefficient (Wildman–Crippen LogP) is 0.771. The second kappa shape index (κ2) is 7.31. The minimum absolute atomic E-state index is 0.111. The highest BCUT2D eigenvalue weighted by Crippen LogP contribution is 2.40. The first kappa shape index (κ1) is 19.1. The molecule has 0 amide bonds. The SMILES string of the molecule is C[C@@]1(c2ccc3c(N)ncnn23)O[C@H](COC(=O)CC2CCCC2)[C@@H](O)[C@H]1O. The summed E-state index contributed by atoms with van der Waals surface area (Å²) >= 11 is 0. The number of aliphatic hydroxyl groups excluding tert-OH is 2. The fraction of sp³-hybridized carbons (Fsp3) is 0.632. The quantitative estimate of drug-likeness (QED) is 0.638. The first-order chi connectivity index (χ1) is 13.4. The van der Waals surface area contributed by atoms with Gasteiger partial charge in [0.1, 0.15) is 42.4 Å². The Bertz CT molecular complexity index is 865. The van der Waals surface area contributed by atoms with Crippen LogP contribution in [0.15, 0.2) is 18.5 Å². The average molecular weight is 390 g/mol. The van der Waals surface area contributed by atoms with E-state index in [-0.39, 0.29) is 12.6 Å². The van der Waals surface area contributed by atoms with Crippen molar-refractivity contribution in [3.05, 3.63) is 24.2 Å². The highest BCUT2D eigenvalue weighted by atomic mass is 16.6. The van der Waals surface area contributed by atoms with Crippen molar-refractivity contribution in [1.82, 2.24) is 14.6 Å². The van der Waals surface area contributed by atoms with Crippen molar-refractivity contribution in [1.29, 1.82) is 0 Å². The molecule has 9 heteroatoms. The number of carbonyl (C=O) groups is 1. The molecule has 2 fully saturated rings. The van der Waals surface area contributed by atoms with E-state index in [1.165, 1.54) is 10.8 Å². The van der Waals surface area contributed by atoms with Crippen LogP contribution in [0.4, 0.5) is 5.82 Å². The Morgan fingerprint density at radius 3 is 2.89 bits per heavy atom. The lowest BCUT2D eigenvalue weighted by Crippen LogP contribution is -2.39. The first-order valence-electron chi connectivity index (χ1n) is 9.68. The van der Waals surface area contributed by atoms with Crippen LogP contribution in [0.3, 0.4) is 0 Å². The molecule has 152 valence electrons. The van der Waals surface area contributed by atoms with Crippen molar-refractivity contribution in [2.75, 3.05) is 12.3 Å². The minimum atomic E-state index is -1.24. The number of esters is 1. The van der Waals surface area contributed by atoms with Gasteiger partial charge in [0, 0.05) is 6.42 Å². The zero-order valence-electron chi connectivity index (χ0n) is 15.8. The number of aromatic nitrogens is 3. The second-order valence-electron chi connectivity index (χ2n) is 7.90. The normalized spacial score (nSPS) is 30.9. The molecule has 1 saturated heterocycles. The van der Waals surface area contributed by atoms with Crippen LogP contribution in [0.5, 0.6) is 0 Å². The van der Waals surface area contributed by atoms with Crippen molar-refractivity contribution in [2.45, 2.75) is 62.9 Å². The van der Waals surface area contributed by atoms with E-state index in [0.717, 1.165) is 25.7 Å². The molecule has 2 aromatic heterocycles. The molecule has 0 unspecified atom stereocenters. The summed E-state index contributed by atoms with van der Waals surface area (Å²) in [5, 5.41) is 25.3. The molecule has 2 aliphatic rings. The molecule has 1 saturated carbocycles. The minimum Gasteiger partial charge on any atom is -0.463 e. The van der Waals surface area contributed by atoms with Gasteiger partial charge in [0.2, 0.25) is 0 Å². The van der Waals surface area contributed by atoms with E-state index in [1.807, 2.05) is 0 Å². The van der Waals surface area contributed by atoms with E-state index < -0.39 is 23.9 Å². The lowest BCUT2D eigenvalue weighted by atomic mass is 9.93. The molecule has 0 aromatic carbocycles. The number of anilines is 1. The molecule has 0 bridgehead atoms. The molecule has 0 radical (unpaired) electrons. The summed E-state index contributed by atoms with van der Waals surface area (Å²) in [5.41, 5.74) is 5.74. The van der Waals surface area contributed by atoms with E-state index in [0.29, 0.717) is 29.4 Å². The van der Waals surface area contributed by atoms with Crippen molar-refractivity contribution < 1.29 is 24.5 Å². The largest absolute Gasteiger partial charge is 0.463 e. The fourth-order valence-electron chi connectivity index (χ4n) is 4.34. The lowest BCUT2D eigenvalue weighted by molar-refractivity contribution is -0.153. The van der Waals surface area contributed by atoms with Crippen LogP contribution < -0.4 is 5.73 Å². The summed E-state index contributed by atoms with van der Waals surface area (Å²) in [6.07, 6.45) is 2.88. The lowest BCUT2D eigenvalue weighted by Gasteiger charge is -2.27. The molecule has 4 atom stereocenters. The van der Waals surface area contributed by atoms with Gasteiger partial charge in [0.05, 0.1) is 5.69 Å². The Labute approximate surface area is 162 Å². The average Bonchev–Trinajstić information content (AvgIpc) is 3.38. The summed E-state index contributed by atoms with van der Waals surface area (Å²) in [7, 11) is 0. The third-order valence-corrected chi connectivity index (χ3v) is 5.99. The molecule has 2 aromatic rings. The molecule has 28 heavy (non-hydrogen) atoms. The standard InChI is InChI=1S/C19H26N4O5/c1-19(14-7-6-12-18(20)21-10-22-23(12)14)17(26)16(25)13(28-19)9-27-15(24)8-11-4-2-3-5-11/h6-7,10-11,13,16-17,25-26H,2-5,8-9H2,1H3,(H2,20,21,22)/t13-,16-,17-,19+/m1/s1. The van der Waals surface area contributed by atoms with Crippen LogP contribution in [0.25, 0.3) is 5.52 Å². The topological polar surface area (TPSA) is 132 Å². The number of hydrogen-bond donors (Lipinski definition) is 3. The Morgan fingerprint density at radius 2 is 2.14 bits per heavy atom. The maximum atomic E-state index is 12.1. The fourth-order valence-corrected chi connectivity index (χ4v) is 4.34. The number of carbonyl (C=O) groups excluding carboxylic acids is 1. The van der Waals surface area contributed by atoms with E-state index in [9.17, 15) is 15.0 Å². The van der Waals surface area contributed by atoms with Crippen molar-refractivity contribution in [2.24, 2.45) is 5.92 Å². The predicted molar refractivity (Wildman–Crippen MR) is 99.2 cm³/mol. The number of aliphatic hydroxyl groups is 2. The van der Waals surface area contributed by atoms with Crippen molar-refractivity contribution in [3.63, 3.8) is 0 Å². The van der Waals surface area contributed by atoms with Gasteiger partial charge in [-0.15, -0.1) is 0 Å². The first-order valence-corrected chi connectivity index (χ1v) is 9.68. The highest BCUT2D eigenvalue weighted by Gasteiger charge is 2.54. The van der Waals surface area contributed by atoms with Gasteiger partial charge in [-0.05, 0) is 37.8 Å². The Balaban J connectivity index is 1.47. The summed E-state index contributed by atoms with van der Waals surface area (Å²) in [6, 6.07) is 3.46. The number of nitrogen functional groups attached to an aromatic ring is 1. The van der Waals surface area contributed by atoms with Gasteiger partial charge < -0.3 is 25.4 Å². The monoisotopic (exact) mass is 390 g/mol. The zero-order chi connectivity index (χ0) is 19.9. The van der Waals surface area contributed by atoms with Gasteiger partial charge in [-0.3, -0.25) is 4.79 Å². The Morgan fingerprint density at radius 1 is 1.39 bits per heavy atom. The molecule has 3 heterocycles. The number of nitrogens with zero attached hydrogens (tertiary/aromatic N) is 3. The van der Waals surface area contributed by atoms with Gasteiger partial charge in [0.25, 0.3) is 0 Å². The van der Waals surface area contributed by atoms with Crippen LogP contribution in [0.1, 0.15) is 44.7 Å². The molecule has 9 nitrogen and oxygen atoms in total. The summed E-state index contributed by atoms with van der Waals surface area (Å²) < 4.78 is 12.9. The molecular weight excluding hydrogens is 364 g/mol. The molecular formula is C19H26N4O5. The van der Waals surface area contributed by atoms with E-state index in [1.54, 1.807) is 19.1 Å².